The molecule has 1 saturated carbocycles. The van der Waals surface area contributed by atoms with Gasteiger partial charge in [0.25, 0.3) is 0 Å². The molecule has 1 unspecified atom stereocenters. The van der Waals surface area contributed by atoms with Crippen LogP contribution in [0.1, 0.15) is 44.6 Å². The molecule has 0 radical (unpaired) electrons. The van der Waals surface area contributed by atoms with Crippen molar-refractivity contribution >= 4 is 12.0 Å². The van der Waals surface area contributed by atoms with Gasteiger partial charge in [-0.2, -0.15) is 0 Å². The molecule has 3 rings (SSSR count). The minimum Gasteiger partial charge on any atom is -0.481 e. The van der Waals surface area contributed by atoms with Crippen molar-refractivity contribution in [1.82, 2.24) is 15.1 Å². The minimum absolute atomic E-state index is 0.00235. The van der Waals surface area contributed by atoms with E-state index in [2.05, 4.69) is 41.4 Å². The lowest BCUT2D eigenvalue weighted by Crippen LogP contribution is -2.47. The van der Waals surface area contributed by atoms with Crippen LogP contribution in [0.25, 0.3) is 0 Å². The third-order valence-corrected chi connectivity index (χ3v) is 6.02. The second-order valence-electron chi connectivity index (χ2n) is 7.92. The normalized spacial score (nSPS) is 27.0. The van der Waals surface area contributed by atoms with Crippen LogP contribution in [-0.4, -0.2) is 58.6 Å². The first kappa shape index (κ1) is 19.7. The van der Waals surface area contributed by atoms with Gasteiger partial charge in [0.15, 0.2) is 0 Å². The average Bonchev–Trinajstić information content (AvgIpc) is 2.85. The zero-order valence-electron chi connectivity index (χ0n) is 16.1. The van der Waals surface area contributed by atoms with E-state index in [-0.39, 0.29) is 18.0 Å². The summed E-state index contributed by atoms with van der Waals surface area (Å²) in [6, 6.07) is 11.0. The fourth-order valence-corrected chi connectivity index (χ4v) is 4.11. The van der Waals surface area contributed by atoms with E-state index >= 15 is 0 Å². The van der Waals surface area contributed by atoms with Crippen LogP contribution < -0.4 is 5.32 Å². The van der Waals surface area contributed by atoms with Gasteiger partial charge in [-0.1, -0.05) is 30.3 Å². The first-order valence-electron chi connectivity index (χ1n) is 10.1. The molecular formula is C21H31N3O3. The number of carbonyl (C=O) groups is 2. The second kappa shape index (κ2) is 9.22. The van der Waals surface area contributed by atoms with Crippen molar-refractivity contribution in [3.8, 4) is 0 Å². The first-order chi connectivity index (χ1) is 13.0. The SMILES string of the molecule is CC1CCN(C(=O)NC2CCC(C(=O)O)CC2)CCN1Cc1ccccc1. The summed E-state index contributed by atoms with van der Waals surface area (Å²) < 4.78 is 0. The molecule has 0 bridgehead atoms. The van der Waals surface area contributed by atoms with Crippen molar-refractivity contribution < 1.29 is 14.7 Å². The summed E-state index contributed by atoms with van der Waals surface area (Å²) in [5, 5.41) is 12.2. The van der Waals surface area contributed by atoms with Crippen LogP contribution in [0.5, 0.6) is 0 Å². The van der Waals surface area contributed by atoms with Gasteiger partial charge in [-0.3, -0.25) is 9.69 Å². The quantitative estimate of drug-likeness (QED) is 0.851. The Morgan fingerprint density at radius 2 is 1.74 bits per heavy atom. The van der Waals surface area contributed by atoms with E-state index in [1.54, 1.807) is 0 Å². The van der Waals surface area contributed by atoms with Gasteiger partial charge in [-0.15, -0.1) is 0 Å². The predicted molar refractivity (Wildman–Crippen MR) is 104 cm³/mol. The molecule has 6 heteroatoms. The molecule has 1 aromatic rings. The third-order valence-electron chi connectivity index (χ3n) is 6.02. The van der Waals surface area contributed by atoms with E-state index in [0.29, 0.717) is 18.9 Å². The van der Waals surface area contributed by atoms with Gasteiger partial charge in [0.2, 0.25) is 0 Å². The molecule has 1 aliphatic heterocycles. The monoisotopic (exact) mass is 373 g/mol. The molecule has 148 valence electrons. The number of hydrogen-bond donors (Lipinski definition) is 2. The third kappa shape index (κ3) is 5.45. The summed E-state index contributed by atoms with van der Waals surface area (Å²) in [6.07, 6.45) is 3.79. The summed E-state index contributed by atoms with van der Waals surface area (Å²) in [4.78, 5) is 28.1. The smallest absolute Gasteiger partial charge is 0.317 e. The Balaban J connectivity index is 1.48. The molecule has 0 aromatic heterocycles. The van der Waals surface area contributed by atoms with E-state index in [9.17, 15) is 9.59 Å². The lowest BCUT2D eigenvalue weighted by atomic mass is 9.86. The van der Waals surface area contributed by atoms with E-state index in [0.717, 1.165) is 45.4 Å². The van der Waals surface area contributed by atoms with Gasteiger partial charge in [0.05, 0.1) is 5.92 Å². The molecule has 2 amide bonds. The van der Waals surface area contributed by atoms with Crippen LogP contribution in [0.2, 0.25) is 0 Å². The topological polar surface area (TPSA) is 72.9 Å². The van der Waals surface area contributed by atoms with Gasteiger partial charge in [-0.25, -0.2) is 4.79 Å². The van der Waals surface area contributed by atoms with Gasteiger partial charge >= 0.3 is 12.0 Å². The summed E-state index contributed by atoms with van der Waals surface area (Å²) in [5.74, 6) is -0.955. The maximum atomic E-state index is 12.7. The predicted octanol–water partition coefficient (Wildman–Crippen LogP) is 2.94. The fourth-order valence-electron chi connectivity index (χ4n) is 4.11. The number of benzene rings is 1. The van der Waals surface area contributed by atoms with Gasteiger partial charge in [0.1, 0.15) is 0 Å². The van der Waals surface area contributed by atoms with Crippen LogP contribution in [-0.2, 0) is 11.3 Å². The number of aliphatic carboxylic acids is 1. The molecular weight excluding hydrogens is 342 g/mol. The molecule has 1 aromatic carbocycles. The minimum atomic E-state index is -0.709. The highest BCUT2D eigenvalue weighted by atomic mass is 16.4. The largest absolute Gasteiger partial charge is 0.481 e. The van der Waals surface area contributed by atoms with Gasteiger partial charge in [0, 0.05) is 38.3 Å². The molecule has 0 spiro atoms. The van der Waals surface area contributed by atoms with E-state index < -0.39 is 5.97 Å². The number of hydrogen-bond acceptors (Lipinski definition) is 3. The van der Waals surface area contributed by atoms with Crippen molar-refractivity contribution in [1.29, 1.82) is 0 Å². The van der Waals surface area contributed by atoms with Crippen LogP contribution in [0.15, 0.2) is 30.3 Å². The number of amides is 2. The summed E-state index contributed by atoms with van der Waals surface area (Å²) in [7, 11) is 0. The number of rotatable bonds is 4. The molecule has 1 aliphatic carbocycles. The van der Waals surface area contributed by atoms with Crippen LogP contribution in [0.4, 0.5) is 4.79 Å². The molecule has 27 heavy (non-hydrogen) atoms. The Bertz CT molecular complexity index is 629. The number of carboxylic acid groups (broad SMARTS) is 1. The van der Waals surface area contributed by atoms with Crippen molar-refractivity contribution in [2.75, 3.05) is 19.6 Å². The Kier molecular flexibility index (Phi) is 6.72. The Hall–Kier alpha value is -2.08. The Morgan fingerprint density at radius 3 is 2.41 bits per heavy atom. The Morgan fingerprint density at radius 1 is 1.04 bits per heavy atom. The number of nitrogens with one attached hydrogen (secondary N) is 1. The summed E-state index contributed by atoms with van der Waals surface area (Å²) in [5.41, 5.74) is 1.30. The molecule has 2 aliphatic rings. The number of carboxylic acids is 1. The first-order valence-corrected chi connectivity index (χ1v) is 10.1. The zero-order valence-corrected chi connectivity index (χ0v) is 16.1. The molecule has 1 heterocycles. The van der Waals surface area contributed by atoms with Crippen molar-refractivity contribution in [2.24, 2.45) is 5.92 Å². The van der Waals surface area contributed by atoms with Gasteiger partial charge in [-0.05, 0) is 44.6 Å². The zero-order chi connectivity index (χ0) is 19.2. The summed E-state index contributed by atoms with van der Waals surface area (Å²) >= 11 is 0. The van der Waals surface area contributed by atoms with Crippen LogP contribution >= 0.6 is 0 Å². The Labute approximate surface area is 161 Å². The van der Waals surface area contributed by atoms with Gasteiger partial charge < -0.3 is 15.3 Å². The maximum Gasteiger partial charge on any atom is 0.317 e. The highest BCUT2D eigenvalue weighted by Crippen LogP contribution is 2.24. The summed E-state index contributed by atoms with van der Waals surface area (Å²) in [6.45, 7) is 5.51. The highest BCUT2D eigenvalue weighted by Gasteiger charge is 2.29. The van der Waals surface area contributed by atoms with Crippen molar-refractivity contribution in [3.63, 3.8) is 0 Å². The highest BCUT2D eigenvalue weighted by molar-refractivity contribution is 5.74. The lowest BCUT2D eigenvalue weighted by Gasteiger charge is -2.29. The van der Waals surface area contributed by atoms with Crippen LogP contribution in [0, 0.1) is 5.92 Å². The molecule has 1 saturated heterocycles. The molecule has 2 fully saturated rings. The van der Waals surface area contributed by atoms with Crippen molar-refractivity contribution in [3.05, 3.63) is 35.9 Å². The maximum absolute atomic E-state index is 12.7. The lowest BCUT2D eigenvalue weighted by molar-refractivity contribution is -0.142. The molecule has 6 nitrogen and oxygen atoms in total. The molecule has 2 N–H and O–H groups in total. The van der Waals surface area contributed by atoms with E-state index in [4.69, 9.17) is 5.11 Å². The molecule has 1 atom stereocenters. The van der Waals surface area contributed by atoms with Crippen LogP contribution in [0.3, 0.4) is 0 Å². The standard InChI is InChI=1S/C21H31N3O3/c1-16-11-12-23(13-14-24(16)15-17-5-3-2-4-6-17)21(27)22-19-9-7-18(8-10-19)20(25)26/h2-6,16,18-19H,7-15H2,1H3,(H,22,27)(H,25,26). The second-order valence-corrected chi connectivity index (χ2v) is 7.92. The number of urea groups is 1. The van der Waals surface area contributed by atoms with E-state index in [1.165, 1.54) is 5.56 Å². The average molecular weight is 373 g/mol. The van der Waals surface area contributed by atoms with E-state index in [1.807, 2.05) is 11.0 Å². The number of nitrogens with zero attached hydrogens (tertiary/aromatic N) is 2. The number of carbonyl (C=O) groups excluding carboxylic acids is 1. The van der Waals surface area contributed by atoms with Crippen molar-refractivity contribution in [2.45, 2.75) is 57.7 Å². The fraction of sp³-hybridized carbons (Fsp3) is 0.619.